The van der Waals surface area contributed by atoms with Crippen LogP contribution in [0.5, 0.6) is 0 Å². The van der Waals surface area contributed by atoms with Crippen LogP contribution < -0.4 is 10.0 Å². The van der Waals surface area contributed by atoms with Crippen LogP contribution in [-0.2, 0) is 21.9 Å². The Bertz CT molecular complexity index is 618. The number of sulfonamides is 1. The van der Waals surface area contributed by atoms with Gasteiger partial charge in [0.1, 0.15) is 10.6 Å². The third kappa shape index (κ3) is 4.07. The summed E-state index contributed by atoms with van der Waals surface area (Å²) in [6.07, 6.45) is 1.17. The van der Waals surface area contributed by atoms with E-state index in [1.807, 2.05) is 0 Å². The average molecular weight is 303 g/mol. The molecule has 0 radical (unpaired) electrons. The third-order valence-electron chi connectivity index (χ3n) is 2.38. The molecule has 1 amide bonds. The van der Waals surface area contributed by atoms with E-state index in [0.29, 0.717) is 0 Å². The number of nitrogens with zero attached hydrogens (tertiary/aromatic N) is 1. The van der Waals surface area contributed by atoms with Crippen molar-refractivity contribution in [3.63, 3.8) is 0 Å². The van der Waals surface area contributed by atoms with E-state index in [1.165, 1.54) is 17.8 Å². The minimum atomic E-state index is -3.92. The van der Waals surface area contributed by atoms with Crippen LogP contribution in [0.2, 0.25) is 0 Å². The summed E-state index contributed by atoms with van der Waals surface area (Å²) in [4.78, 5) is 22.0. The molecular formula is C11H17N3O5S. The summed E-state index contributed by atoms with van der Waals surface area (Å²) >= 11 is 0. The van der Waals surface area contributed by atoms with E-state index >= 15 is 0 Å². The van der Waals surface area contributed by atoms with Crippen LogP contribution in [-0.4, -0.2) is 42.6 Å². The van der Waals surface area contributed by atoms with Crippen molar-refractivity contribution in [1.29, 1.82) is 0 Å². The van der Waals surface area contributed by atoms with Crippen LogP contribution >= 0.6 is 0 Å². The lowest BCUT2D eigenvalue weighted by atomic mass is 10.4. The Morgan fingerprint density at radius 2 is 2.00 bits per heavy atom. The van der Waals surface area contributed by atoms with Crippen molar-refractivity contribution < 1.29 is 23.1 Å². The van der Waals surface area contributed by atoms with Gasteiger partial charge in [0.15, 0.2) is 0 Å². The van der Waals surface area contributed by atoms with Crippen molar-refractivity contribution in [3.05, 3.63) is 18.0 Å². The molecule has 0 aromatic carbocycles. The van der Waals surface area contributed by atoms with Crippen LogP contribution in [0.3, 0.4) is 0 Å². The number of hydrogen-bond acceptors (Lipinski definition) is 4. The van der Waals surface area contributed by atoms with Gasteiger partial charge in [-0.15, -0.1) is 0 Å². The van der Waals surface area contributed by atoms with Crippen LogP contribution in [0.1, 0.15) is 24.3 Å². The molecule has 0 spiro atoms. The van der Waals surface area contributed by atoms with Crippen molar-refractivity contribution >= 4 is 21.9 Å². The highest BCUT2D eigenvalue weighted by molar-refractivity contribution is 7.89. The Balaban J connectivity index is 2.82. The normalized spacial score (nSPS) is 11.6. The van der Waals surface area contributed by atoms with Crippen molar-refractivity contribution in [2.45, 2.75) is 24.8 Å². The molecule has 0 aliphatic carbocycles. The fourth-order valence-corrected chi connectivity index (χ4v) is 2.56. The van der Waals surface area contributed by atoms with E-state index in [4.69, 9.17) is 5.11 Å². The van der Waals surface area contributed by atoms with E-state index in [2.05, 4.69) is 10.0 Å². The van der Waals surface area contributed by atoms with Gasteiger partial charge in [0.25, 0.3) is 0 Å². The zero-order chi connectivity index (χ0) is 15.5. The first-order valence-corrected chi connectivity index (χ1v) is 7.30. The zero-order valence-corrected chi connectivity index (χ0v) is 12.2. The number of carboxylic acid groups (broad SMARTS) is 1. The number of aryl methyl sites for hydroxylation is 1. The minimum Gasteiger partial charge on any atom is -0.477 e. The standard InChI is InChI=1S/C11H17N3O5S/c1-7(2)13-10(15)5-12-20(18,19)8-4-9(11(16)17)14(3)6-8/h4,6-7,12H,5H2,1-3H3,(H,13,15)(H,16,17). The molecule has 0 saturated carbocycles. The lowest BCUT2D eigenvalue weighted by Crippen LogP contribution is -2.39. The van der Waals surface area contributed by atoms with E-state index in [9.17, 15) is 18.0 Å². The van der Waals surface area contributed by atoms with Gasteiger partial charge in [-0.05, 0) is 19.9 Å². The maximum Gasteiger partial charge on any atom is 0.352 e. The number of nitrogens with one attached hydrogen (secondary N) is 2. The first-order chi connectivity index (χ1) is 9.13. The zero-order valence-electron chi connectivity index (χ0n) is 11.4. The third-order valence-corrected chi connectivity index (χ3v) is 3.75. The Morgan fingerprint density at radius 1 is 1.40 bits per heavy atom. The molecule has 1 aromatic heterocycles. The number of rotatable bonds is 6. The van der Waals surface area contributed by atoms with Crippen LogP contribution in [0.15, 0.2) is 17.2 Å². The second kappa shape index (κ2) is 6.06. The molecular weight excluding hydrogens is 286 g/mol. The number of aromatic carboxylic acids is 1. The molecule has 20 heavy (non-hydrogen) atoms. The van der Waals surface area contributed by atoms with Gasteiger partial charge in [-0.1, -0.05) is 0 Å². The predicted molar refractivity (Wildman–Crippen MR) is 70.8 cm³/mol. The molecule has 1 rings (SSSR count). The molecule has 0 aliphatic rings. The molecule has 0 atom stereocenters. The Kier molecular flexibility index (Phi) is 4.90. The molecule has 0 saturated heterocycles. The minimum absolute atomic E-state index is 0.0951. The second-order valence-corrected chi connectivity index (χ2v) is 6.29. The van der Waals surface area contributed by atoms with Gasteiger partial charge in [0.05, 0.1) is 6.54 Å². The summed E-state index contributed by atoms with van der Waals surface area (Å²) in [6, 6.07) is 0.938. The Hall–Kier alpha value is -1.87. The summed E-state index contributed by atoms with van der Waals surface area (Å²) in [5.74, 6) is -1.69. The molecule has 0 bridgehead atoms. The first-order valence-electron chi connectivity index (χ1n) is 5.82. The van der Waals surface area contributed by atoms with Gasteiger partial charge >= 0.3 is 5.97 Å². The van der Waals surface area contributed by atoms with Gasteiger partial charge in [0.2, 0.25) is 15.9 Å². The van der Waals surface area contributed by atoms with E-state index in [0.717, 1.165) is 6.07 Å². The number of carbonyl (C=O) groups excluding carboxylic acids is 1. The van der Waals surface area contributed by atoms with E-state index < -0.39 is 28.4 Å². The highest BCUT2D eigenvalue weighted by Gasteiger charge is 2.20. The van der Waals surface area contributed by atoms with Gasteiger partial charge in [-0.2, -0.15) is 0 Å². The predicted octanol–water partition coefficient (Wildman–Crippen LogP) is -0.474. The maximum atomic E-state index is 11.9. The quantitative estimate of drug-likeness (QED) is 0.656. The van der Waals surface area contributed by atoms with Crippen LogP contribution in [0.4, 0.5) is 0 Å². The summed E-state index contributed by atoms with van der Waals surface area (Å²) in [5.41, 5.74) is -0.156. The van der Waals surface area contributed by atoms with Crippen molar-refractivity contribution in [3.8, 4) is 0 Å². The summed E-state index contributed by atoms with van der Waals surface area (Å²) < 4.78 is 27.1. The molecule has 3 N–H and O–H groups in total. The number of amides is 1. The molecule has 1 heterocycles. The van der Waals surface area contributed by atoms with Gasteiger partial charge in [-0.3, -0.25) is 4.79 Å². The van der Waals surface area contributed by atoms with Crippen molar-refractivity contribution in [2.75, 3.05) is 6.54 Å². The number of aromatic nitrogens is 1. The highest BCUT2D eigenvalue weighted by atomic mass is 32.2. The molecule has 0 aliphatic heterocycles. The fraction of sp³-hybridized carbons (Fsp3) is 0.455. The highest BCUT2D eigenvalue weighted by Crippen LogP contribution is 2.13. The number of carboxylic acids is 1. The van der Waals surface area contributed by atoms with Gasteiger partial charge < -0.3 is 15.0 Å². The second-order valence-electron chi connectivity index (χ2n) is 4.52. The summed E-state index contributed by atoms with van der Waals surface area (Å²) in [6.45, 7) is 3.10. The molecule has 8 nitrogen and oxygen atoms in total. The maximum absolute atomic E-state index is 11.9. The molecule has 0 fully saturated rings. The molecule has 9 heteroatoms. The Labute approximate surface area is 116 Å². The number of carbonyl (C=O) groups is 2. The lowest BCUT2D eigenvalue weighted by molar-refractivity contribution is -0.120. The van der Waals surface area contributed by atoms with Gasteiger partial charge in [0, 0.05) is 19.3 Å². The lowest BCUT2D eigenvalue weighted by Gasteiger charge is -2.09. The molecule has 0 unspecified atom stereocenters. The van der Waals surface area contributed by atoms with Crippen molar-refractivity contribution in [1.82, 2.24) is 14.6 Å². The monoisotopic (exact) mass is 303 g/mol. The first kappa shape index (κ1) is 16.2. The fourth-order valence-electron chi connectivity index (χ4n) is 1.51. The Morgan fingerprint density at radius 3 is 2.45 bits per heavy atom. The van der Waals surface area contributed by atoms with Crippen molar-refractivity contribution in [2.24, 2.45) is 7.05 Å². The summed E-state index contributed by atoms with van der Waals surface area (Å²) in [7, 11) is -2.50. The summed E-state index contributed by atoms with van der Waals surface area (Å²) in [5, 5.41) is 11.4. The van der Waals surface area contributed by atoms with Gasteiger partial charge in [-0.25, -0.2) is 17.9 Å². The smallest absolute Gasteiger partial charge is 0.352 e. The van der Waals surface area contributed by atoms with Crippen LogP contribution in [0, 0.1) is 0 Å². The number of hydrogen-bond donors (Lipinski definition) is 3. The SMILES string of the molecule is CC(C)NC(=O)CNS(=O)(=O)c1cc(C(=O)O)n(C)c1. The van der Waals surface area contributed by atoms with E-state index in [1.54, 1.807) is 13.8 Å². The van der Waals surface area contributed by atoms with E-state index in [-0.39, 0.29) is 16.6 Å². The molecule has 112 valence electrons. The average Bonchev–Trinajstić information content (AvgIpc) is 2.69. The van der Waals surface area contributed by atoms with Crippen LogP contribution in [0.25, 0.3) is 0 Å². The largest absolute Gasteiger partial charge is 0.477 e. The molecule has 1 aromatic rings. The topological polar surface area (TPSA) is 118 Å².